The number of ether oxygens (including phenoxy) is 1. The van der Waals surface area contributed by atoms with Gasteiger partial charge in [0.1, 0.15) is 12.6 Å². The first-order chi connectivity index (χ1) is 8.99. The summed E-state index contributed by atoms with van der Waals surface area (Å²) in [5, 5.41) is 19.2. The second-order valence-electron chi connectivity index (χ2n) is 3.69. The van der Waals surface area contributed by atoms with Gasteiger partial charge in [-0.2, -0.15) is 0 Å². The van der Waals surface area contributed by atoms with E-state index in [9.17, 15) is 14.4 Å². The molecule has 0 saturated carbocycles. The van der Waals surface area contributed by atoms with Crippen molar-refractivity contribution in [3.63, 3.8) is 0 Å². The number of aliphatic carboxylic acids is 2. The number of carbonyl (C=O) groups is 3. The molecule has 1 atom stereocenters. The topological polar surface area (TPSA) is 144 Å². The second kappa shape index (κ2) is 8.48. The number of hydrogen-bond acceptors (Lipinski definition) is 4. The maximum Gasteiger partial charge on any atom is 0.408 e. The number of benzene rings is 1. The minimum absolute atomic E-state index is 0. The van der Waals surface area contributed by atoms with Gasteiger partial charge in [0, 0.05) is 0 Å². The lowest BCUT2D eigenvalue weighted by Gasteiger charge is -2.12. The van der Waals surface area contributed by atoms with E-state index in [0.29, 0.717) is 0 Å². The summed E-state index contributed by atoms with van der Waals surface area (Å²) in [5.74, 6) is -2.75. The Morgan fingerprint density at radius 2 is 1.75 bits per heavy atom. The van der Waals surface area contributed by atoms with Crippen LogP contribution in [0.25, 0.3) is 0 Å². The zero-order valence-electron chi connectivity index (χ0n) is 10.4. The van der Waals surface area contributed by atoms with Crippen LogP contribution in [0.2, 0.25) is 0 Å². The van der Waals surface area contributed by atoms with Crippen molar-refractivity contribution in [1.82, 2.24) is 5.32 Å². The molecule has 110 valence electrons. The lowest BCUT2D eigenvalue weighted by atomic mass is 10.2. The highest BCUT2D eigenvalue weighted by atomic mass is 16.5. The molecule has 0 fully saturated rings. The zero-order valence-corrected chi connectivity index (χ0v) is 10.4. The van der Waals surface area contributed by atoms with Crippen LogP contribution in [0.1, 0.15) is 12.0 Å². The number of carboxylic acid groups (broad SMARTS) is 2. The molecule has 1 aromatic carbocycles. The summed E-state index contributed by atoms with van der Waals surface area (Å²) in [6, 6.07) is 7.29. The first-order valence-corrected chi connectivity index (χ1v) is 5.41. The summed E-state index contributed by atoms with van der Waals surface area (Å²) >= 11 is 0. The Labute approximate surface area is 114 Å². The third-order valence-corrected chi connectivity index (χ3v) is 2.18. The van der Waals surface area contributed by atoms with E-state index in [1.54, 1.807) is 30.3 Å². The van der Waals surface area contributed by atoms with Crippen LogP contribution in [0, 0.1) is 0 Å². The first-order valence-electron chi connectivity index (χ1n) is 5.41. The zero-order chi connectivity index (χ0) is 14.3. The third-order valence-electron chi connectivity index (χ3n) is 2.18. The van der Waals surface area contributed by atoms with E-state index in [1.165, 1.54) is 0 Å². The van der Waals surface area contributed by atoms with E-state index in [1.807, 2.05) is 5.32 Å². The average molecular weight is 285 g/mol. The number of amides is 1. The summed E-state index contributed by atoms with van der Waals surface area (Å²) in [5.41, 5.74) is 0.739. The predicted octanol–water partition coefficient (Wildman–Crippen LogP) is 0.0160. The number of rotatable bonds is 6. The smallest absolute Gasteiger partial charge is 0.408 e. The molecule has 0 spiro atoms. The molecule has 0 aliphatic heterocycles. The van der Waals surface area contributed by atoms with Crippen LogP contribution in [0.5, 0.6) is 0 Å². The minimum Gasteiger partial charge on any atom is -0.481 e. The van der Waals surface area contributed by atoms with Gasteiger partial charge in [-0.1, -0.05) is 30.3 Å². The van der Waals surface area contributed by atoms with Crippen LogP contribution < -0.4 is 5.32 Å². The highest BCUT2D eigenvalue weighted by Gasteiger charge is 2.23. The van der Waals surface area contributed by atoms with Gasteiger partial charge in [0.15, 0.2) is 0 Å². The SMILES string of the molecule is O.O=C(O)C[C@@H](NC(=O)OCc1ccccc1)C(=O)O. The molecule has 8 nitrogen and oxygen atoms in total. The Morgan fingerprint density at radius 3 is 2.25 bits per heavy atom. The van der Waals surface area contributed by atoms with E-state index in [4.69, 9.17) is 14.9 Å². The third kappa shape index (κ3) is 6.36. The number of alkyl carbamates (subject to hydrolysis) is 1. The molecule has 0 unspecified atom stereocenters. The van der Waals surface area contributed by atoms with Crippen LogP contribution in [0.4, 0.5) is 4.79 Å². The lowest BCUT2D eigenvalue weighted by Crippen LogP contribution is -2.42. The molecule has 0 bridgehead atoms. The summed E-state index contributed by atoms with van der Waals surface area (Å²) in [4.78, 5) is 32.5. The van der Waals surface area contributed by atoms with Crippen molar-refractivity contribution in [3.8, 4) is 0 Å². The Kier molecular flexibility index (Phi) is 7.38. The molecule has 5 N–H and O–H groups in total. The molecule has 0 heterocycles. The van der Waals surface area contributed by atoms with Crippen LogP contribution in [-0.2, 0) is 20.9 Å². The molecular formula is C12H15NO7. The number of carboxylic acids is 2. The van der Waals surface area contributed by atoms with E-state index in [-0.39, 0.29) is 12.1 Å². The molecule has 20 heavy (non-hydrogen) atoms. The van der Waals surface area contributed by atoms with Crippen molar-refractivity contribution >= 4 is 18.0 Å². The van der Waals surface area contributed by atoms with Crippen molar-refractivity contribution in [2.24, 2.45) is 0 Å². The van der Waals surface area contributed by atoms with Crippen molar-refractivity contribution in [2.75, 3.05) is 0 Å². The van der Waals surface area contributed by atoms with Crippen LogP contribution in [-0.4, -0.2) is 39.8 Å². The molecular weight excluding hydrogens is 270 g/mol. The Bertz CT molecular complexity index is 460. The fraction of sp³-hybridized carbons (Fsp3) is 0.250. The maximum atomic E-state index is 11.3. The Balaban J connectivity index is 0.00000361. The predicted molar refractivity (Wildman–Crippen MR) is 67.1 cm³/mol. The molecule has 1 amide bonds. The van der Waals surface area contributed by atoms with Crippen molar-refractivity contribution in [2.45, 2.75) is 19.1 Å². The molecule has 0 radical (unpaired) electrons. The molecule has 0 aliphatic carbocycles. The van der Waals surface area contributed by atoms with Gasteiger partial charge in [-0.3, -0.25) is 4.79 Å². The van der Waals surface area contributed by atoms with Gasteiger partial charge < -0.3 is 25.7 Å². The summed E-state index contributed by atoms with van der Waals surface area (Å²) in [7, 11) is 0. The first kappa shape index (κ1) is 17.4. The largest absolute Gasteiger partial charge is 0.481 e. The number of nitrogens with one attached hydrogen (secondary N) is 1. The van der Waals surface area contributed by atoms with Crippen molar-refractivity contribution in [3.05, 3.63) is 35.9 Å². The van der Waals surface area contributed by atoms with Gasteiger partial charge in [0.2, 0.25) is 0 Å². The molecule has 1 aromatic rings. The quantitative estimate of drug-likeness (QED) is 0.671. The minimum atomic E-state index is -1.51. The fourth-order valence-electron chi connectivity index (χ4n) is 1.28. The van der Waals surface area contributed by atoms with Crippen molar-refractivity contribution in [1.29, 1.82) is 0 Å². The van der Waals surface area contributed by atoms with Crippen LogP contribution in [0.15, 0.2) is 30.3 Å². The second-order valence-corrected chi connectivity index (χ2v) is 3.69. The standard InChI is InChI=1S/C12H13NO6.H2O/c14-10(15)6-9(11(16)17)13-12(18)19-7-8-4-2-1-3-5-8;/h1-5,9H,6-7H2,(H,13,18)(H,14,15)(H,16,17);1H2/t9-;/m1./s1. The summed E-state index contributed by atoms with van der Waals surface area (Å²) < 4.78 is 4.78. The van der Waals surface area contributed by atoms with Gasteiger partial charge in [-0.25, -0.2) is 9.59 Å². The highest BCUT2D eigenvalue weighted by molar-refractivity contribution is 5.84. The van der Waals surface area contributed by atoms with Crippen LogP contribution >= 0.6 is 0 Å². The molecule has 0 aliphatic rings. The van der Waals surface area contributed by atoms with Gasteiger partial charge in [-0.15, -0.1) is 0 Å². The number of hydrogen-bond donors (Lipinski definition) is 3. The Morgan fingerprint density at radius 1 is 1.15 bits per heavy atom. The highest BCUT2D eigenvalue weighted by Crippen LogP contribution is 2.01. The van der Waals surface area contributed by atoms with E-state index in [2.05, 4.69) is 0 Å². The lowest BCUT2D eigenvalue weighted by molar-refractivity contribution is -0.145. The molecule has 1 rings (SSSR count). The summed E-state index contributed by atoms with van der Waals surface area (Å²) in [6.45, 7) is -0.0217. The van der Waals surface area contributed by atoms with Gasteiger partial charge >= 0.3 is 18.0 Å². The molecule has 8 heteroatoms. The van der Waals surface area contributed by atoms with Gasteiger partial charge in [-0.05, 0) is 5.56 Å². The van der Waals surface area contributed by atoms with Crippen molar-refractivity contribution < 1.29 is 34.8 Å². The number of carbonyl (C=O) groups excluding carboxylic acids is 1. The molecule has 0 saturated heterocycles. The van der Waals surface area contributed by atoms with E-state index >= 15 is 0 Å². The van der Waals surface area contributed by atoms with Crippen LogP contribution in [0.3, 0.4) is 0 Å². The van der Waals surface area contributed by atoms with E-state index in [0.717, 1.165) is 5.56 Å². The molecule has 0 aromatic heterocycles. The monoisotopic (exact) mass is 285 g/mol. The van der Waals surface area contributed by atoms with Gasteiger partial charge in [0.25, 0.3) is 0 Å². The average Bonchev–Trinajstić information content (AvgIpc) is 2.36. The normalized spacial score (nSPS) is 10.8. The van der Waals surface area contributed by atoms with Gasteiger partial charge in [0.05, 0.1) is 6.42 Å². The van der Waals surface area contributed by atoms with E-state index < -0.39 is 30.5 Å². The fourth-order valence-corrected chi connectivity index (χ4v) is 1.28. The summed E-state index contributed by atoms with van der Waals surface area (Å²) in [6.07, 6.45) is -1.69. The maximum absolute atomic E-state index is 11.3. The Hall–Kier alpha value is -2.61.